The zero-order valence-electron chi connectivity index (χ0n) is 16.6. The number of rotatable bonds is 8. The number of halogens is 2. The molecule has 4 rings (SSSR count). The molecule has 1 aliphatic carbocycles. The number of hydrogen-bond acceptors (Lipinski definition) is 5. The van der Waals surface area contributed by atoms with E-state index in [0.29, 0.717) is 35.5 Å². The van der Waals surface area contributed by atoms with Gasteiger partial charge in [-0.2, -0.15) is 8.78 Å². The fourth-order valence-electron chi connectivity index (χ4n) is 3.84. The number of hydrogen-bond donors (Lipinski definition) is 2. The Balaban J connectivity index is 1.39. The Morgan fingerprint density at radius 2 is 2.03 bits per heavy atom. The van der Waals surface area contributed by atoms with Crippen LogP contribution in [0.25, 0.3) is 0 Å². The van der Waals surface area contributed by atoms with E-state index in [4.69, 9.17) is 9.47 Å². The molecule has 7 nitrogen and oxygen atoms in total. The number of benzene rings is 1. The van der Waals surface area contributed by atoms with Crippen molar-refractivity contribution in [2.45, 2.75) is 45.4 Å². The summed E-state index contributed by atoms with van der Waals surface area (Å²) in [5, 5.41) is 6.61. The van der Waals surface area contributed by atoms with Crippen LogP contribution in [0.2, 0.25) is 0 Å². The van der Waals surface area contributed by atoms with Gasteiger partial charge in [0.05, 0.1) is 6.54 Å². The van der Waals surface area contributed by atoms with E-state index in [2.05, 4.69) is 25.3 Å². The highest BCUT2D eigenvalue weighted by atomic mass is 19.3. The van der Waals surface area contributed by atoms with Crippen LogP contribution in [-0.2, 0) is 6.54 Å². The maximum absolute atomic E-state index is 12.8. The van der Waals surface area contributed by atoms with Crippen molar-refractivity contribution in [1.82, 2.24) is 15.5 Å². The number of alkyl halides is 2. The van der Waals surface area contributed by atoms with E-state index >= 15 is 0 Å². The molecule has 3 aliphatic rings. The molecule has 9 heteroatoms. The number of fused-ring (bicyclic) bond motifs is 1. The molecule has 2 aliphatic heterocycles. The minimum atomic E-state index is -2.92. The van der Waals surface area contributed by atoms with Gasteiger partial charge < -0.3 is 29.7 Å². The van der Waals surface area contributed by atoms with Gasteiger partial charge in [0.1, 0.15) is 5.75 Å². The Hall–Kier alpha value is -2.29. The highest BCUT2D eigenvalue weighted by Crippen LogP contribution is 2.39. The van der Waals surface area contributed by atoms with Crippen LogP contribution in [-0.4, -0.2) is 56.5 Å². The van der Waals surface area contributed by atoms with Crippen LogP contribution in [0, 0.1) is 5.92 Å². The third-order valence-corrected chi connectivity index (χ3v) is 5.46. The molecule has 0 amide bonds. The van der Waals surface area contributed by atoms with Gasteiger partial charge in [-0.25, -0.2) is 4.99 Å². The van der Waals surface area contributed by atoms with Gasteiger partial charge in [-0.3, -0.25) is 0 Å². The molecule has 1 aromatic carbocycles. The molecule has 0 aromatic heterocycles. The molecule has 0 radical (unpaired) electrons. The zero-order valence-corrected chi connectivity index (χ0v) is 16.6. The van der Waals surface area contributed by atoms with E-state index in [1.54, 1.807) is 6.07 Å². The van der Waals surface area contributed by atoms with Gasteiger partial charge in [-0.05, 0) is 44.7 Å². The molecule has 2 heterocycles. The summed E-state index contributed by atoms with van der Waals surface area (Å²) in [6, 6.07) is 3.89. The Labute approximate surface area is 169 Å². The van der Waals surface area contributed by atoms with E-state index in [-0.39, 0.29) is 19.1 Å². The fourth-order valence-corrected chi connectivity index (χ4v) is 3.84. The van der Waals surface area contributed by atoms with Gasteiger partial charge in [0.25, 0.3) is 0 Å². The van der Waals surface area contributed by atoms with E-state index in [9.17, 15) is 8.78 Å². The summed E-state index contributed by atoms with van der Waals surface area (Å²) in [5.41, 5.74) is 0.521. The minimum Gasteiger partial charge on any atom is -0.454 e. The monoisotopic (exact) mass is 410 g/mol. The second kappa shape index (κ2) is 9.02. The second-order valence-electron chi connectivity index (χ2n) is 7.65. The van der Waals surface area contributed by atoms with Crippen molar-refractivity contribution < 1.29 is 23.0 Å². The van der Waals surface area contributed by atoms with Crippen molar-refractivity contribution in [2.75, 3.05) is 33.0 Å². The van der Waals surface area contributed by atoms with Crippen LogP contribution in [0.15, 0.2) is 17.1 Å². The Morgan fingerprint density at radius 3 is 2.76 bits per heavy atom. The lowest BCUT2D eigenvalue weighted by molar-refractivity contribution is -0.0505. The quantitative estimate of drug-likeness (QED) is 0.507. The van der Waals surface area contributed by atoms with Crippen LogP contribution >= 0.6 is 0 Å². The lowest BCUT2D eigenvalue weighted by atomic mass is 10.1. The Morgan fingerprint density at radius 1 is 1.24 bits per heavy atom. The van der Waals surface area contributed by atoms with Crippen molar-refractivity contribution in [3.8, 4) is 17.2 Å². The van der Waals surface area contributed by atoms with Crippen LogP contribution in [0.5, 0.6) is 17.2 Å². The second-order valence-corrected chi connectivity index (χ2v) is 7.65. The van der Waals surface area contributed by atoms with Crippen molar-refractivity contribution >= 4 is 5.96 Å². The molecule has 1 unspecified atom stereocenters. The molecule has 0 spiro atoms. The van der Waals surface area contributed by atoms with Crippen molar-refractivity contribution in [1.29, 1.82) is 0 Å². The summed E-state index contributed by atoms with van der Waals surface area (Å²) < 4.78 is 40.9. The molecule has 160 valence electrons. The lowest BCUT2D eigenvalue weighted by Gasteiger charge is -2.17. The van der Waals surface area contributed by atoms with Gasteiger partial charge in [0, 0.05) is 37.3 Å². The average molecular weight is 410 g/mol. The van der Waals surface area contributed by atoms with Crippen molar-refractivity contribution in [2.24, 2.45) is 10.9 Å². The number of nitrogens with one attached hydrogen (secondary N) is 2. The minimum absolute atomic E-state index is 0.0553. The first-order valence-electron chi connectivity index (χ1n) is 10.3. The third-order valence-electron chi connectivity index (χ3n) is 5.46. The molecule has 29 heavy (non-hydrogen) atoms. The molecule has 1 saturated heterocycles. The molecular formula is C20H28F2N4O3. The molecule has 1 saturated carbocycles. The first kappa shape index (κ1) is 20.0. The number of aliphatic imine (C=N–C) groups is 1. The summed E-state index contributed by atoms with van der Waals surface area (Å²) in [6.07, 6.45) is 3.86. The van der Waals surface area contributed by atoms with Crippen molar-refractivity contribution in [3.05, 3.63) is 17.7 Å². The number of ether oxygens (including phenoxy) is 3. The predicted molar refractivity (Wildman–Crippen MR) is 105 cm³/mol. The van der Waals surface area contributed by atoms with Crippen LogP contribution in [0.4, 0.5) is 8.78 Å². The summed E-state index contributed by atoms with van der Waals surface area (Å²) >= 11 is 0. The van der Waals surface area contributed by atoms with Gasteiger partial charge in [0.15, 0.2) is 17.5 Å². The van der Waals surface area contributed by atoms with Crippen LogP contribution in [0.1, 0.15) is 31.7 Å². The van der Waals surface area contributed by atoms with Crippen molar-refractivity contribution in [3.63, 3.8) is 0 Å². The summed E-state index contributed by atoms with van der Waals surface area (Å²) in [6.45, 7) is 3.20. The molecule has 1 aromatic rings. The van der Waals surface area contributed by atoms with Gasteiger partial charge in [0.2, 0.25) is 6.79 Å². The molecule has 0 bridgehead atoms. The van der Waals surface area contributed by atoms with E-state index in [1.165, 1.54) is 31.9 Å². The average Bonchev–Trinajstić information content (AvgIpc) is 3.26. The predicted octanol–water partition coefficient (Wildman–Crippen LogP) is 2.56. The summed E-state index contributed by atoms with van der Waals surface area (Å²) in [4.78, 5) is 7.14. The maximum atomic E-state index is 12.8. The smallest absolute Gasteiger partial charge is 0.387 e. The first-order valence-corrected chi connectivity index (χ1v) is 10.3. The Kier molecular flexibility index (Phi) is 6.22. The van der Waals surface area contributed by atoms with Gasteiger partial charge in [-0.15, -0.1) is 0 Å². The first-order chi connectivity index (χ1) is 14.1. The molecule has 1 atom stereocenters. The number of guanidine groups is 1. The van der Waals surface area contributed by atoms with Gasteiger partial charge in [-0.1, -0.05) is 0 Å². The molecular weight excluding hydrogens is 382 g/mol. The highest BCUT2D eigenvalue weighted by molar-refractivity contribution is 5.79. The third kappa shape index (κ3) is 5.20. The largest absolute Gasteiger partial charge is 0.454 e. The molecule has 2 fully saturated rings. The van der Waals surface area contributed by atoms with E-state index < -0.39 is 6.61 Å². The highest BCUT2D eigenvalue weighted by Gasteiger charge is 2.34. The zero-order chi connectivity index (χ0) is 20.2. The normalized spacial score (nSPS) is 21.7. The van der Waals surface area contributed by atoms with E-state index in [0.717, 1.165) is 19.1 Å². The van der Waals surface area contributed by atoms with Gasteiger partial charge >= 0.3 is 6.61 Å². The SMILES string of the molecule is CCNC(=NCc1cc2c(cc1OC(F)F)OCO2)NCC1CCN(C2CC2)C1. The number of likely N-dealkylation sites (tertiary alicyclic amines) is 1. The Bertz CT molecular complexity index is 743. The number of nitrogens with zero attached hydrogens (tertiary/aromatic N) is 2. The summed E-state index contributed by atoms with van der Waals surface area (Å²) in [5.74, 6) is 2.24. The van der Waals surface area contributed by atoms with Crippen LogP contribution in [0.3, 0.4) is 0 Å². The van der Waals surface area contributed by atoms with E-state index in [1.807, 2.05) is 6.92 Å². The lowest BCUT2D eigenvalue weighted by Crippen LogP contribution is -2.40. The van der Waals surface area contributed by atoms with Crippen LogP contribution < -0.4 is 24.8 Å². The summed E-state index contributed by atoms with van der Waals surface area (Å²) in [7, 11) is 0. The maximum Gasteiger partial charge on any atom is 0.387 e. The fraction of sp³-hybridized carbons (Fsp3) is 0.650. The molecule has 2 N–H and O–H groups in total. The topological polar surface area (TPSA) is 67.4 Å². The standard InChI is InChI=1S/C20H28F2N4O3/c1-2-23-20(24-9-13-5-6-26(11-13)15-3-4-15)25-10-14-7-17-18(28-12-27-17)8-16(14)29-19(21)22/h7-8,13,15,19H,2-6,9-12H2,1H3,(H2,23,24,25).